The summed E-state index contributed by atoms with van der Waals surface area (Å²) < 4.78 is 0. The number of aliphatic hydroxyl groups is 1. The lowest BCUT2D eigenvalue weighted by Gasteiger charge is -2.35. The van der Waals surface area contributed by atoms with E-state index in [9.17, 15) is 9.90 Å². The van der Waals surface area contributed by atoms with Crippen molar-refractivity contribution in [3.05, 3.63) is 40.7 Å². The number of aryl methyl sites for hydroxylation is 1. The maximum absolute atomic E-state index is 12.2. The molecule has 6 nitrogen and oxygen atoms in total. The van der Waals surface area contributed by atoms with Crippen molar-refractivity contribution in [2.75, 3.05) is 13.1 Å². The van der Waals surface area contributed by atoms with E-state index in [1.54, 1.807) is 30.0 Å². The molecule has 0 spiro atoms. The van der Waals surface area contributed by atoms with E-state index in [0.29, 0.717) is 35.2 Å². The monoisotopic (exact) mass is 292 g/mol. The number of aromatic nitrogens is 3. The van der Waals surface area contributed by atoms with Crippen molar-refractivity contribution in [1.29, 1.82) is 0 Å². The largest absolute Gasteiger partial charge is 0.389 e. The van der Waals surface area contributed by atoms with Crippen LogP contribution in [0, 0.1) is 6.92 Å². The third kappa shape index (κ3) is 2.28. The lowest BCUT2D eigenvalue weighted by Crippen LogP contribution is -2.53. The van der Waals surface area contributed by atoms with Crippen molar-refractivity contribution in [3.8, 4) is 5.69 Å². The Morgan fingerprint density at radius 1 is 1.40 bits per heavy atom. The molecule has 1 aromatic heterocycles. The Labute approximate surface area is 120 Å². The summed E-state index contributed by atoms with van der Waals surface area (Å²) in [6.07, 6.45) is -0.428. The molecule has 104 valence electrons. The number of rotatable bonds is 2. The number of halogens is 1. The second kappa shape index (κ2) is 4.88. The Kier molecular flexibility index (Phi) is 3.19. The molecule has 1 amide bonds. The SMILES string of the molecule is Cc1nn(-c2cccc(Cl)c2)nc1C(=O)N1CC(O)C1. The summed E-state index contributed by atoms with van der Waals surface area (Å²) in [5.74, 6) is -0.207. The zero-order valence-corrected chi connectivity index (χ0v) is 11.6. The lowest BCUT2D eigenvalue weighted by molar-refractivity contribution is 0.00542. The summed E-state index contributed by atoms with van der Waals surface area (Å²) in [5, 5.41) is 18.3. The van der Waals surface area contributed by atoms with Gasteiger partial charge in [-0.15, -0.1) is 5.10 Å². The Morgan fingerprint density at radius 2 is 2.15 bits per heavy atom. The zero-order chi connectivity index (χ0) is 14.3. The molecule has 0 aliphatic carbocycles. The van der Waals surface area contributed by atoms with Crippen LogP contribution in [0.4, 0.5) is 0 Å². The maximum Gasteiger partial charge on any atom is 0.276 e. The van der Waals surface area contributed by atoms with Gasteiger partial charge in [-0.1, -0.05) is 17.7 Å². The van der Waals surface area contributed by atoms with Crippen LogP contribution < -0.4 is 0 Å². The van der Waals surface area contributed by atoms with Crippen LogP contribution in [0.3, 0.4) is 0 Å². The molecule has 2 heterocycles. The highest BCUT2D eigenvalue weighted by Crippen LogP contribution is 2.17. The molecule has 0 unspecified atom stereocenters. The summed E-state index contributed by atoms with van der Waals surface area (Å²) in [6, 6.07) is 7.09. The molecule has 0 saturated carbocycles. The molecule has 0 radical (unpaired) electrons. The maximum atomic E-state index is 12.2. The topological polar surface area (TPSA) is 71.2 Å². The molecule has 1 fully saturated rings. The van der Waals surface area contributed by atoms with E-state index in [4.69, 9.17) is 11.6 Å². The molecule has 1 saturated heterocycles. The number of carbonyl (C=O) groups is 1. The zero-order valence-electron chi connectivity index (χ0n) is 10.8. The van der Waals surface area contributed by atoms with E-state index < -0.39 is 6.10 Å². The summed E-state index contributed by atoms with van der Waals surface area (Å²) in [4.78, 5) is 15.1. The fourth-order valence-electron chi connectivity index (χ4n) is 2.06. The van der Waals surface area contributed by atoms with Crippen molar-refractivity contribution in [1.82, 2.24) is 19.9 Å². The van der Waals surface area contributed by atoms with Crippen LogP contribution in [0.1, 0.15) is 16.2 Å². The number of amides is 1. The molecule has 3 rings (SSSR count). The van der Waals surface area contributed by atoms with Crippen LogP contribution in [-0.2, 0) is 0 Å². The van der Waals surface area contributed by atoms with Gasteiger partial charge in [-0.3, -0.25) is 4.79 Å². The number of β-amino-alcohol motifs (C(OH)–C–C–N with tert-alkyl or cyclic N) is 1. The first kappa shape index (κ1) is 13.1. The molecule has 0 atom stereocenters. The summed E-state index contributed by atoms with van der Waals surface area (Å²) >= 11 is 5.93. The van der Waals surface area contributed by atoms with Gasteiger partial charge in [0, 0.05) is 18.1 Å². The highest BCUT2D eigenvalue weighted by atomic mass is 35.5. The van der Waals surface area contributed by atoms with Gasteiger partial charge in [-0.05, 0) is 25.1 Å². The highest BCUT2D eigenvalue weighted by Gasteiger charge is 2.32. The number of likely N-dealkylation sites (tertiary alicyclic amines) is 1. The highest BCUT2D eigenvalue weighted by molar-refractivity contribution is 6.30. The molecule has 1 aromatic carbocycles. The van der Waals surface area contributed by atoms with Crippen molar-refractivity contribution in [2.45, 2.75) is 13.0 Å². The number of benzene rings is 1. The second-order valence-corrected chi connectivity index (χ2v) is 5.20. The summed E-state index contributed by atoms with van der Waals surface area (Å²) in [6.45, 7) is 2.43. The molecule has 7 heteroatoms. The van der Waals surface area contributed by atoms with Gasteiger partial charge >= 0.3 is 0 Å². The van der Waals surface area contributed by atoms with Gasteiger partial charge in [-0.25, -0.2) is 0 Å². The van der Waals surface area contributed by atoms with Gasteiger partial charge in [0.1, 0.15) is 0 Å². The van der Waals surface area contributed by atoms with Crippen molar-refractivity contribution < 1.29 is 9.90 Å². The van der Waals surface area contributed by atoms with Crippen LogP contribution in [-0.4, -0.2) is 50.1 Å². The standard InChI is InChI=1S/C13H13ClN4O2/c1-8-12(13(20)17-6-11(19)7-17)16-18(15-8)10-4-2-3-9(14)5-10/h2-5,11,19H,6-7H2,1H3. The molecule has 1 N–H and O–H groups in total. The second-order valence-electron chi connectivity index (χ2n) is 4.77. The first-order valence-corrected chi connectivity index (χ1v) is 6.59. The smallest absolute Gasteiger partial charge is 0.276 e. The van der Waals surface area contributed by atoms with Crippen LogP contribution >= 0.6 is 11.6 Å². The predicted molar refractivity (Wildman–Crippen MR) is 73.0 cm³/mol. The molecular formula is C13H13ClN4O2. The number of hydrogen-bond donors (Lipinski definition) is 1. The van der Waals surface area contributed by atoms with Gasteiger partial charge in [0.15, 0.2) is 5.69 Å². The minimum Gasteiger partial charge on any atom is -0.389 e. The summed E-state index contributed by atoms with van der Waals surface area (Å²) in [5.41, 5.74) is 1.55. The van der Waals surface area contributed by atoms with E-state index >= 15 is 0 Å². The average molecular weight is 293 g/mol. The molecule has 2 aromatic rings. The molecule has 1 aliphatic heterocycles. The lowest BCUT2D eigenvalue weighted by atomic mass is 10.1. The Hall–Kier alpha value is -1.92. The van der Waals surface area contributed by atoms with Gasteiger partial charge in [0.05, 0.1) is 17.5 Å². The third-order valence-electron chi connectivity index (χ3n) is 3.17. The van der Waals surface area contributed by atoms with Crippen LogP contribution in [0.5, 0.6) is 0 Å². The number of nitrogens with zero attached hydrogens (tertiary/aromatic N) is 4. The number of hydrogen-bond acceptors (Lipinski definition) is 4. The molecule has 1 aliphatic rings. The average Bonchev–Trinajstić information content (AvgIpc) is 2.76. The Bertz CT molecular complexity index is 664. The van der Waals surface area contributed by atoms with E-state index in [2.05, 4.69) is 10.2 Å². The van der Waals surface area contributed by atoms with Crippen LogP contribution in [0.15, 0.2) is 24.3 Å². The van der Waals surface area contributed by atoms with E-state index in [1.807, 2.05) is 6.07 Å². The van der Waals surface area contributed by atoms with E-state index in [-0.39, 0.29) is 5.91 Å². The molecule has 0 bridgehead atoms. The first-order chi connectivity index (χ1) is 9.54. The van der Waals surface area contributed by atoms with Gasteiger partial charge in [0.2, 0.25) is 0 Å². The van der Waals surface area contributed by atoms with E-state index in [1.165, 1.54) is 4.80 Å². The van der Waals surface area contributed by atoms with Crippen LogP contribution in [0.25, 0.3) is 5.69 Å². The first-order valence-electron chi connectivity index (χ1n) is 6.22. The van der Waals surface area contributed by atoms with Crippen LogP contribution in [0.2, 0.25) is 5.02 Å². The van der Waals surface area contributed by atoms with Gasteiger partial charge in [0.25, 0.3) is 5.91 Å². The van der Waals surface area contributed by atoms with Crippen molar-refractivity contribution in [3.63, 3.8) is 0 Å². The number of carbonyl (C=O) groups excluding carboxylic acids is 1. The number of aliphatic hydroxyl groups excluding tert-OH is 1. The normalized spacial score (nSPS) is 15.2. The fraction of sp³-hybridized carbons (Fsp3) is 0.308. The Morgan fingerprint density at radius 3 is 2.80 bits per heavy atom. The van der Waals surface area contributed by atoms with Crippen molar-refractivity contribution in [2.24, 2.45) is 0 Å². The predicted octanol–water partition coefficient (Wildman–Crippen LogP) is 1.05. The Balaban J connectivity index is 1.89. The van der Waals surface area contributed by atoms with Gasteiger partial charge < -0.3 is 10.0 Å². The minimum absolute atomic E-state index is 0.207. The third-order valence-corrected chi connectivity index (χ3v) is 3.41. The summed E-state index contributed by atoms with van der Waals surface area (Å²) in [7, 11) is 0. The van der Waals surface area contributed by atoms with Crippen molar-refractivity contribution >= 4 is 17.5 Å². The minimum atomic E-state index is -0.428. The quantitative estimate of drug-likeness (QED) is 0.898. The fourth-order valence-corrected chi connectivity index (χ4v) is 2.25. The molecular weight excluding hydrogens is 280 g/mol. The van der Waals surface area contributed by atoms with E-state index in [0.717, 1.165) is 0 Å². The molecule has 20 heavy (non-hydrogen) atoms. The van der Waals surface area contributed by atoms with Gasteiger partial charge in [-0.2, -0.15) is 9.90 Å².